The molecule has 2 unspecified atom stereocenters. The molecule has 2 nitrogen and oxygen atoms in total. The van der Waals surface area contributed by atoms with Gasteiger partial charge in [0.15, 0.2) is 0 Å². The number of hydrogen-bond acceptors (Lipinski definition) is 3. The molecule has 3 heteroatoms. The van der Waals surface area contributed by atoms with Crippen LogP contribution in [0.4, 0.5) is 0 Å². The monoisotopic (exact) mass is 279 g/mol. The van der Waals surface area contributed by atoms with Gasteiger partial charge >= 0.3 is 0 Å². The van der Waals surface area contributed by atoms with Gasteiger partial charge in [-0.1, -0.05) is 17.7 Å². The Bertz CT molecular complexity index is 377. The van der Waals surface area contributed by atoms with Crippen molar-refractivity contribution in [2.75, 3.05) is 19.4 Å². The second-order valence-corrected chi connectivity index (χ2v) is 6.42. The van der Waals surface area contributed by atoms with Crippen LogP contribution >= 0.6 is 11.8 Å². The molecule has 106 valence electrons. The van der Waals surface area contributed by atoms with E-state index in [1.54, 1.807) is 0 Å². The van der Waals surface area contributed by atoms with Crippen LogP contribution < -0.4 is 5.32 Å². The molecule has 1 fully saturated rings. The molecule has 0 saturated carbocycles. The van der Waals surface area contributed by atoms with Crippen LogP contribution in [0.3, 0.4) is 0 Å². The first-order valence-corrected chi connectivity index (χ1v) is 8.25. The van der Waals surface area contributed by atoms with Crippen LogP contribution in [0.2, 0.25) is 0 Å². The van der Waals surface area contributed by atoms with Crippen LogP contribution in [0.15, 0.2) is 29.2 Å². The summed E-state index contributed by atoms with van der Waals surface area (Å²) in [5, 5.41) is 3.43. The third-order valence-corrected chi connectivity index (χ3v) is 4.87. The van der Waals surface area contributed by atoms with Crippen molar-refractivity contribution < 1.29 is 4.74 Å². The molecule has 1 N–H and O–H groups in total. The topological polar surface area (TPSA) is 21.3 Å². The van der Waals surface area contributed by atoms with Crippen molar-refractivity contribution in [3.63, 3.8) is 0 Å². The highest BCUT2D eigenvalue weighted by Gasteiger charge is 2.17. The van der Waals surface area contributed by atoms with E-state index in [2.05, 4.69) is 43.6 Å². The van der Waals surface area contributed by atoms with Crippen molar-refractivity contribution in [1.82, 2.24) is 5.32 Å². The Morgan fingerprint density at radius 1 is 1.47 bits per heavy atom. The normalized spacial score (nSPS) is 20.6. The van der Waals surface area contributed by atoms with E-state index in [9.17, 15) is 0 Å². The SMILES string of the molecule is CNC(CCC1CCCO1)CSc1cccc(C)c1. The molecular weight excluding hydrogens is 254 g/mol. The Morgan fingerprint density at radius 3 is 3.05 bits per heavy atom. The molecule has 0 aromatic heterocycles. The summed E-state index contributed by atoms with van der Waals surface area (Å²) in [7, 11) is 2.07. The van der Waals surface area contributed by atoms with Crippen molar-refractivity contribution in [1.29, 1.82) is 0 Å². The van der Waals surface area contributed by atoms with Crippen molar-refractivity contribution in [2.24, 2.45) is 0 Å². The van der Waals surface area contributed by atoms with E-state index in [0.29, 0.717) is 12.1 Å². The maximum atomic E-state index is 5.69. The second kappa shape index (κ2) is 7.93. The molecule has 19 heavy (non-hydrogen) atoms. The highest BCUT2D eigenvalue weighted by atomic mass is 32.2. The van der Waals surface area contributed by atoms with E-state index >= 15 is 0 Å². The first-order valence-electron chi connectivity index (χ1n) is 7.26. The summed E-state index contributed by atoms with van der Waals surface area (Å²) in [5.74, 6) is 1.13. The molecule has 0 aliphatic carbocycles. The largest absolute Gasteiger partial charge is 0.378 e. The van der Waals surface area contributed by atoms with E-state index in [-0.39, 0.29) is 0 Å². The molecule has 1 aliphatic heterocycles. The first kappa shape index (κ1) is 14.9. The van der Waals surface area contributed by atoms with Crippen molar-refractivity contribution in [2.45, 2.75) is 49.6 Å². The van der Waals surface area contributed by atoms with E-state index in [1.165, 1.54) is 36.1 Å². The lowest BCUT2D eigenvalue weighted by molar-refractivity contribution is 0.100. The Hall–Kier alpha value is -0.510. The minimum Gasteiger partial charge on any atom is -0.378 e. The highest BCUT2D eigenvalue weighted by Crippen LogP contribution is 2.22. The summed E-state index contributed by atoms with van der Waals surface area (Å²) in [4.78, 5) is 1.37. The predicted molar refractivity (Wildman–Crippen MR) is 83.0 cm³/mol. The molecule has 1 aliphatic rings. The van der Waals surface area contributed by atoms with Gasteiger partial charge in [-0.25, -0.2) is 0 Å². The lowest BCUT2D eigenvalue weighted by Gasteiger charge is -2.18. The van der Waals surface area contributed by atoms with E-state index in [1.807, 2.05) is 11.8 Å². The molecule has 1 heterocycles. The van der Waals surface area contributed by atoms with Gasteiger partial charge in [0.25, 0.3) is 0 Å². The summed E-state index contributed by atoms with van der Waals surface area (Å²) < 4.78 is 5.69. The number of nitrogens with one attached hydrogen (secondary N) is 1. The number of aryl methyl sites for hydroxylation is 1. The summed E-state index contributed by atoms with van der Waals surface area (Å²) >= 11 is 1.95. The van der Waals surface area contributed by atoms with Gasteiger partial charge < -0.3 is 10.1 Å². The molecule has 0 spiro atoms. The maximum absolute atomic E-state index is 5.69. The van der Waals surface area contributed by atoms with Gasteiger partial charge in [0.05, 0.1) is 6.10 Å². The molecule has 0 bridgehead atoms. The molecular formula is C16H25NOS. The standard InChI is InChI=1S/C16H25NOS/c1-13-5-3-7-16(11-13)19-12-14(17-2)8-9-15-6-4-10-18-15/h3,5,7,11,14-15,17H,4,6,8-10,12H2,1-2H3. The minimum atomic E-state index is 0.514. The molecule has 1 aromatic carbocycles. The zero-order valence-corrected chi connectivity index (χ0v) is 12.8. The van der Waals surface area contributed by atoms with Crippen molar-refractivity contribution in [3.05, 3.63) is 29.8 Å². The van der Waals surface area contributed by atoms with Gasteiger partial charge in [-0.3, -0.25) is 0 Å². The summed E-state index contributed by atoms with van der Waals surface area (Å²) in [6, 6.07) is 9.33. The third-order valence-electron chi connectivity index (χ3n) is 3.71. The van der Waals surface area contributed by atoms with Gasteiger partial charge in [0, 0.05) is 23.3 Å². The van der Waals surface area contributed by atoms with E-state index in [4.69, 9.17) is 4.74 Å². The maximum Gasteiger partial charge on any atom is 0.0576 e. The zero-order chi connectivity index (χ0) is 13.5. The molecule has 1 aromatic rings. The fourth-order valence-electron chi connectivity index (χ4n) is 2.47. The fourth-order valence-corrected chi connectivity index (χ4v) is 3.64. The number of rotatable bonds is 7. The van der Waals surface area contributed by atoms with Crippen LogP contribution in [-0.2, 0) is 4.74 Å². The minimum absolute atomic E-state index is 0.514. The molecule has 2 atom stereocenters. The lowest BCUT2D eigenvalue weighted by atomic mass is 10.1. The summed E-state index contributed by atoms with van der Waals surface area (Å²) in [5.41, 5.74) is 1.34. The average molecular weight is 279 g/mol. The summed E-state index contributed by atoms with van der Waals surface area (Å²) in [6.45, 7) is 3.12. The first-order chi connectivity index (χ1) is 9.28. The molecule has 0 amide bonds. The quantitative estimate of drug-likeness (QED) is 0.770. The molecule has 1 saturated heterocycles. The smallest absolute Gasteiger partial charge is 0.0576 e. The van der Waals surface area contributed by atoms with Gasteiger partial charge in [-0.15, -0.1) is 11.8 Å². The number of thioether (sulfide) groups is 1. The highest BCUT2D eigenvalue weighted by molar-refractivity contribution is 7.99. The predicted octanol–water partition coefficient (Wildman–Crippen LogP) is 3.63. The average Bonchev–Trinajstić information content (AvgIpc) is 2.92. The Kier molecular flexibility index (Phi) is 6.21. The van der Waals surface area contributed by atoms with Crippen LogP contribution in [0.25, 0.3) is 0 Å². The van der Waals surface area contributed by atoms with Gasteiger partial charge in [-0.05, 0) is 51.8 Å². The number of hydrogen-bond donors (Lipinski definition) is 1. The fraction of sp³-hybridized carbons (Fsp3) is 0.625. The molecule has 0 radical (unpaired) electrons. The van der Waals surface area contributed by atoms with Gasteiger partial charge in [0.2, 0.25) is 0 Å². The second-order valence-electron chi connectivity index (χ2n) is 5.33. The Balaban J connectivity index is 1.72. The third kappa shape index (κ3) is 5.17. The van der Waals surface area contributed by atoms with Gasteiger partial charge in [-0.2, -0.15) is 0 Å². The van der Waals surface area contributed by atoms with E-state index in [0.717, 1.165) is 12.4 Å². The summed E-state index contributed by atoms with van der Waals surface area (Å²) in [6.07, 6.45) is 5.41. The van der Waals surface area contributed by atoms with Crippen LogP contribution in [-0.4, -0.2) is 31.6 Å². The van der Waals surface area contributed by atoms with Crippen molar-refractivity contribution in [3.8, 4) is 0 Å². The van der Waals surface area contributed by atoms with Crippen LogP contribution in [0, 0.1) is 6.92 Å². The Labute approximate surface area is 121 Å². The van der Waals surface area contributed by atoms with E-state index < -0.39 is 0 Å². The lowest BCUT2D eigenvalue weighted by Crippen LogP contribution is -2.28. The Morgan fingerprint density at radius 2 is 2.37 bits per heavy atom. The number of ether oxygens (including phenoxy) is 1. The number of benzene rings is 1. The molecule has 2 rings (SSSR count). The van der Waals surface area contributed by atoms with Crippen molar-refractivity contribution >= 4 is 11.8 Å². The van der Waals surface area contributed by atoms with Crippen LogP contribution in [0.1, 0.15) is 31.2 Å². The van der Waals surface area contributed by atoms with Crippen LogP contribution in [0.5, 0.6) is 0 Å². The van der Waals surface area contributed by atoms with Gasteiger partial charge in [0.1, 0.15) is 0 Å². The zero-order valence-electron chi connectivity index (χ0n) is 12.0.